The van der Waals surface area contributed by atoms with Crippen LogP contribution < -0.4 is 5.32 Å². The molecule has 0 unspecified atom stereocenters. The molecule has 0 aliphatic carbocycles. The summed E-state index contributed by atoms with van der Waals surface area (Å²) in [5.41, 5.74) is 1.46. The highest BCUT2D eigenvalue weighted by Crippen LogP contribution is 2.23. The second kappa shape index (κ2) is 5.41. The minimum atomic E-state index is -0.545. The molecular formula is C15H12N2O3S. The number of carbonyl (C=O) groups excluding carboxylic acids is 2. The van der Waals surface area contributed by atoms with E-state index in [0.717, 1.165) is 10.9 Å². The summed E-state index contributed by atoms with van der Waals surface area (Å²) in [4.78, 5) is 27.2. The number of rotatable bonds is 3. The molecule has 21 heavy (non-hydrogen) atoms. The van der Waals surface area contributed by atoms with E-state index in [0.29, 0.717) is 16.3 Å². The molecule has 2 heterocycles. The molecule has 0 bridgehead atoms. The number of fused-ring (bicyclic) bond motifs is 1. The van der Waals surface area contributed by atoms with Gasteiger partial charge in [-0.1, -0.05) is 6.07 Å². The van der Waals surface area contributed by atoms with E-state index >= 15 is 0 Å². The van der Waals surface area contributed by atoms with Crippen molar-refractivity contribution in [2.75, 3.05) is 12.4 Å². The monoisotopic (exact) mass is 300 g/mol. The van der Waals surface area contributed by atoms with Crippen molar-refractivity contribution >= 4 is 39.9 Å². The number of benzene rings is 1. The molecule has 2 N–H and O–H groups in total. The van der Waals surface area contributed by atoms with Crippen molar-refractivity contribution in [2.45, 2.75) is 0 Å². The van der Waals surface area contributed by atoms with E-state index in [4.69, 9.17) is 0 Å². The van der Waals surface area contributed by atoms with Crippen LogP contribution in [0.25, 0.3) is 10.9 Å². The van der Waals surface area contributed by atoms with Crippen LogP contribution in [0.2, 0.25) is 0 Å². The molecule has 0 spiro atoms. The quantitative estimate of drug-likeness (QED) is 0.725. The number of ether oxygens (including phenoxy) is 1. The number of amides is 1. The highest BCUT2D eigenvalue weighted by molar-refractivity contribution is 7.12. The van der Waals surface area contributed by atoms with Crippen molar-refractivity contribution in [3.05, 3.63) is 52.2 Å². The summed E-state index contributed by atoms with van der Waals surface area (Å²) < 4.78 is 4.54. The molecule has 2 aromatic heterocycles. The third-order valence-corrected chi connectivity index (χ3v) is 3.92. The molecule has 1 aromatic carbocycles. The second-order valence-electron chi connectivity index (χ2n) is 4.41. The van der Waals surface area contributed by atoms with Gasteiger partial charge < -0.3 is 9.72 Å². The molecule has 0 radical (unpaired) electrons. The fourth-order valence-corrected chi connectivity index (χ4v) is 2.74. The Hall–Kier alpha value is -2.60. The van der Waals surface area contributed by atoms with Crippen LogP contribution in [-0.4, -0.2) is 24.0 Å². The lowest BCUT2D eigenvalue weighted by atomic mass is 10.1. The molecule has 0 saturated heterocycles. The highest BCUT2D eigenvalue weighted by atomic mass is 32.1. The molecule has 3 rings (SSSR count). The number of nitrogens with one attached hydrogen (secondary N) is 2. The Morgan fingerprint density at radius 1 is 1.24 bits per heavy atom. The molecule has 0 aliphatic heterocycles. The first kappa shape index (κ1) is 13.4. The number of H-pyrrole nitrogens is 1. The third kappa shape index (κ3) is 2.66. The van der Waals surface area contributed by atoms with Crippen LogP contribution in [0, 0.1) is 0 Å². The van der Waals surface area contributed by atoms with Gasteiger partial charge >= 0.3 is 6.09 Å². The summed E-state index contributed by atoms with van der Waals surface area (Å²) in [7, 11) is 1.30. The van der Waals surface area contributed by atoms with Crippen LogP contribution in [0.15, 0.2) is 41.8 Å². The summed E-state index contributed by atoms with van der Waals surface area (Å²) in [6, 6.07) is 10.8. The first-order valence-corrected chi connectivity index (χ1v) is 7.11. The number of aromatic amines is 1. The molecule has 6 heteroatoms. The molecule has 0 aliphatic rings. The third-order valence-electron chi connectivity index (χ3n) is 3.05. The average Bonchev–Trinajstić information content (AvgIpc) is 3.14. The lowest BCUT2D eigenvalue weighted by Crippen LogP contribution is -2.10. The lowest BCUT2D eigenvalue weighted by Gasteiger charge is -1.98. The molecule has 0 atom stereocenters. The van der Waals surface area contributed by atoms with E-state index in [1.54, 1.807) is 24.3 Å². The van der Waals surface area contributed by atoms with Crippen molar-refractivity contribution in [3.8, 4) is 0 Å². The van der Waals surface area contributed by atoms with E-state index in [1.807, 2.05) is 17.5 Å². The molecule has 106 valence electrons. The Bertz CT molecular complexity index is 806. The van der Waals surface area contributed by atoms with Gasteiger partial charge in [-0.05, 0) is 35.7 Å². The second-order valence-corrected chi connectivity index (χ2v) is 5.36. The summed E-state index contributed by atoms with van der Waals surface area (Å²) in [5.74, 6) is 0.521. The van der Waals surface area contributed by atoms with Gasteiger partial charge in [0.2, 0.25) is 5.78 Å². The van der Waals surface area contributed by atoms with Gasteiger partial charge in [0.25, 0.3) is 0 Å². The fraction of sp³-hybridized carbons (Fsp3) is 0.0667. The molecule has 5 nitrogen and oxygen atoms in total. The topological polar surface area (TPSA) is 71.2 Å². The SMILES string of the molecule is COC(=O)Nc1cc2cc(C(=O)c3cccs3)ccc2[nH]1. The van der Waals surface area contributed by atoms with Crippen LogP contribution in [0.4, 0.5) is 10.6 Å². The Morgan fingerprint density at radius 3 is 2.81 bits per heavy atom. The Morgan fingerprint density at radius 2 is 2.10 bits per heavy atom. The highest BCUT2D eigenvalue weighted by Gasteiger charge is 2.12. The van der Waals surface area contributed by atoms with E-state index in [2.05, 4.69) is 15.0 Å². The van der Waals surface area contributed by atoms with Gasteiger partial charge in [0.05, 0.1) is 12.0 Å². The van der Waals surface area contributed by atoms with E-state index in [1.165, 1.54) is 18.4 Å². The maximum absolute atomic E-state index is 12.3. The first-order valence-electron chi connectivity index (χ1n) is 6.23. The van der Waals surface area contributed by atoms with Crippen LogP contribution >= 0.6 is 11.3 Å². The van der Waals surface area contributed by atoms with Gasteiger partial charge in [0.15, 0.2) is 0 Å². The zero-order valence-electron chi connectivity index (χ0n) is 11.2. The molecule has 0 fully saturated rings. The van der Waals surface area contributed by atoms with Gasteiger partial charge in [-0.3, -0.25) is 10.1 Å². The molecule has 1 amide bonds. The number of hydrogen-bond donors (Lipinski definition) is 2. The summed E-state index contributed by atoms with van der Waals surface area (Å²) in [5, 5.41) is 5.28. The zero-order valence-corrected chi connectivity index (χ0v) is 12.0. The Labute approximate surface area is 124 Å². The van der Waals surface area contributed by atoms with Crippen LogP contribution in [0.5, 0.6) is 0 Å². The van der Waals surface area contributed by atoms with Crippen molar-refractivity contribution in [3.63, 3.8) is 0 Å². The number of methoxy groups -OCH3 is 1. The maximum atomic E-state index is 12.3. The molecule has 3 aromatic rings. The number of hydrogen-bond acceptors (Lipinski definition) is 4. The van der Waals surface area contributed by atoms with Gasteiger partial charge in [-0.25, -0.2) is 4.79 Å². The Balaban J connectivity index is 1.93. The van der Waals surface area contributed by atoms with Gasteiger partial charge in [-0.2, -0.15) is 0 Å². The normalized spacial score (nSPS) is 10.5. The summed E-state index contributed by atoms with van der Waals surface area (Å²) in [6.07, 6.45) is -0.545. The van der Waals surface area contributed by atoms with Gasteiger partial charge in [0.1, 0.15) is 5.82 Å². The standard InChI is InChI=1S/C15H12N2O3S/c1-20-15(19)17-13-8-10-7-9(4-5-11(10)16-13)14(18)12-3-2-6-21-12/h2-8,16H,1H3,(H,17,19). The van der Waals surface area contributed by atoms with Crippen molar-refractivity contribution in [1.82, 2.24) is 4.98 Å². The number of carbonyl (C=O) groups is 2. The number of ketones is 1. The van der Waals surface area contributed by atoms with E-state index in [-0.39, 0.29) is 5.78 Å². The van der Waals surface area contributed by atoms with Gasteiger partial charge in [-0.15, -0.1) is 11.3 Å². The molecular weight excluding hydrogens is 288 g/mol. The average molecular weight is 300 g/mol. The predicted octanol–water partition coefficient (Wildman–Crippen LogP) is 3.64. The summed E-state index contributed by atoms with van der Waals surface area (Å²) in [6.45, 7) is 0. The summed E-state index contributed by atoms with van der Waals surface area (Å²) >= 11 is 1.42. The van der Waals surface area contributed by atoms with Crippen molar-refractivity contribution < 1.29 is 14.3 Å². The fourth-order valence-electron chi connectivity index (χ4n) is 2.05. The van der Waals surface area contributed by atoms with Gasteiger partial charge in [0, 0.05) is 16.5 Å². The van der Waals surface area contributed by atoms with Crippen LogP contribution in [0.3, 0.4) is 0 Å². The zero-order chi connectivity index (χ0) is 14.8. The largest absolute Gasteiger partial charge is 0.453 e. The van der Waals surface area contributed by atoms with Crippen LogP contribution in [0.1, 0.15) is 15.2 Å². The van der Waals surface area contributed by atoms with E-state index in [9.17, 15) is 9.59 Å². The lowest BCUT2D eigenvalue weighted by molar-refractivity contribution is 0.104. The van der Waals surface area contributed by atoms with Crippen molar-refractivity contribution in [1.29, 1.82) is 0 Å². The maximum Gasteiger partial charge on any atom is 0.412 e. The molecule has 0 saturated carbocycles. The minimum Gasteiger partial charge on any atom is -0.453 e. The van der Waals surface area contributed by atoms with E-state index < -0.39 is 6.09 Å². The predicted molar refractivity (Wildman–Crippen MR) is 82.1 cm³/mol. The Kier molecular flexibility index (Phi) is 3.45. The van der Waals surface area contributed by atoms with Crippen LogP contribution in [-0.2, 0) is 4.74 Å². The number of aromatic nitrogens is 1. The number of anilines is 1. The van der Waals surface area contributed by atoms with Crippen molar-refractivity contribution in [2.24, 2.45) is 0 Å². The minimum absolute atomic E-state index is 0.00410. The number of thiophene rings is 1. The first-order chi connectivity index (χ1) is 10.2. The smallest absolute Gasteiger partial charge is 0.412 e.